The molecule has 1 aliphatic rings. The van der Waals surface area contributed by atoms with Crippen molar-refractivity contribution in [2.75, 3.05) is 19.6 Å². The minimum atomic E-state index is -0.415. The van der Waals surface area contributed by atoms with Gasteiger partial charge in [-0.25, -0.2) is 4.79 Å². The van der Waals surface area contributed by atoms with Crippen molar-refractivity contribution in [3.05, 3.63) is 0 Å². The second kappa shape index (κ2) is 7.87. The van der Waals surface area contributed by atoms with Gasteiger partial charge in [-0.15, -0.1) is 0 Å². The Kier molecular flexibility index (Phi) is 6.80. The van der Waals surface area contributed by atoms with Gasteiger partial charge in [-0.05, 0) is 59.4 Å². The Morgan fingerprint density at radius 3 is 2.55 bits per heavy atom. The minimum absolute atomic E-state index is 0.200. The van der Waals surface area contributed by atoms with Crippen molar-refractivity contribution in [1.29, 1.82) is 0 Å². The zero-order chi connectivity index (χ0) is 15.2. The van der Waals surface area contributed by atoms with Gasteiger partial charge in [0.05, 0.1) is 0 Å². The Labute approximate surface area is 124 Å². The quantitative estimate of drug-likeness (QED) is 0.760. The number of nitrogens with zero attached hydrogens (tertiary/aromatic N) is 1. The second-order valence-electron chi connectivity index (χ2n) is 6.88. The molecule has 1 aliphatic carbocycles. The van der Waals surface area contributed by atoms with Gasteiger partial charge >= 0.3 is 6.09 Å². The molecular weight excluding hydrogens is 252 g/mol. The van der Waals surface area contributed by atoms with Crippen LogP contribution in [0.4, 0.5) is 4.79 Å². The summed E-state index contributed by atoms with van der Waals surface area (Å²) >= 11 is 0. The Hall–Kier alpha value is -0.770. The van der Waals surface area contributed by atoms with Crippen LogP contribution in [0.1, 0.15) is 60.3 Å². The summed E-state index contributed by atoms with van der Waals surface area (Å²) in [5.74, 6) is 0.795. The third-order valence-electron chi connectivity index (χ3n) is 3.91. The maximum Gasteiger partial charge on any atom is 0.410 e. The van der Waals surface area contributed by atoms with Crippen molar-refractivity contribution in [3.63, 3.8) is 0 Å². The Bertz CT molecular complexity index is 299. The minimum Gasteiger partial charge on any atom is -0.444 e. The van der Waals surface area contributed by atoms with Crippen molar-refractivity contribution in [3.8, 4) is 0 Å². The van der Waals surface area contributed by atoms with Crippen molar-refractivity contribution >= 4 is 6.09 Å². The van der Waals surface area contributed by atoms with Crippen LogP contribution in [-0.2, 0) is 4.74 Å². The summed E-state index contributed by atoms with van der Waals surface area (Å²) in [7, 11) is 0. The van der Waals surface area contributed by atoms with E-state index in [1.165, 1.54) is 19.3 Å². The highest BCUT2D eigenvalue weighted by molar-refractivity contribution is 5.68. The summed E-state index contributed by atoms with van der Waals surface area (Å²) in [6.45, 7) is 12.5. The highest BCUT2D eigenvalue weighted by Crippen LogP contribution is 2.24. The van der Waals surface area contributed by atoms with E-state index in [2.05, 4.69) is 12.2 Å². The zero-order valence-corrected chi connectivity index (χ0v) is 13.9. The molecule has 0 radical (unpaired) electrons. The summed E-state index contributed by atoms with van der Waals surface area (Å²) in [6.07, 6.45) is 4.77. The molecule has 0 aromatic heterocycles. The predicted octanol–water partition coefficient (Wildman–Crippen LogP) is 3.41. The molecule has 0 spiro atoms. The van der Waals surface area contributed by atoms with Crippen molar-refractivity contribution in [1.82, 2.24) is 10.2 Å². The molecule has 0 saturated heterocycles. The predicted molar refractivity (Wildman–Crippen MR) is 82.9 cm³/mol. The Morgan fingerprint density at radius 1 is 1.35 bits per heavy atom. The standard InChI is InChI=1S/C16H32N2O2/c1-6-18(15(19)20-16(3,4)5)12-8-11-17-14-10-7-9-13(14)2/h13-14,17H,6-12H2,1-5H3. The first-order valence-corrected chi connectivity index (χ1v) is 8.04. The van der Waals surface area contributed by atoms with Gasteiger partial charge in [-0.2, -0.15) is 0 Å². The van der Waals surface area contributed by atoms with E-state index in [-0.39, 0.29) is 6.09 Å². The second-order valence-corrected chi connectivity index (χ2v) is 6.88. The van der Waals surface area contributed by atoms with E-state index in [4.69, 9.17) is 4.74 Å². The van der Waals surface area contributed by atoms with Gasteiger partial charge in [0, 0.05) is 19.1 Å². The largest absolute Gasteiger partial charge is 0.444 e. The molecule has 1 fully saturated rings. The maximum absolute atomic E-state index is 12.0. The first-order chi connectivity index (χ1) is 9.33. The van der Waals surface area contributed by atoms with Crippen molar-refractivity contribution in [2.45, 2.75) is 71.9 Å². The Balaban J connectivity index is 2.22. The molecule has 0 bridgehead atoms. The normalized spacial score (nSPS) is 22.9. The fourth-order valence-corrected chi connectivity index (χ4v) is 2.71. The lowest BCUT2D eigenvalue weighted by Crippen LogP contribution is -2.39. The molecule has 2 unspecified atom stereocenters. The van der Waals surface area contributed by atoms with E-state index < -0.39 is 5.60 Å². The van der Waals surface area contributed by atoms with Crippen LogP contribution < -0.4 is 5.32 Å². The molecule has 1 amide bonds. The van der Waals surface area contributed by atoms with E-state index in [1.54, 1.807) is 4.90 Å². The number of hydrogen-bond acceptors (Lipinski definition) is 3. The van der Waals surface area contributed by atoms with Crippen LogP contribution in [0.2, 0.25) is 0 Å². The molecule has 1 rings (SSSR count). The van der Waals surface area contributed by atoms with Crippen molar-refractivity contribution < 1.29 is 9.53 Å². The molecule has 118 valence electrons. The highest BCUT2D eigenvalue weighted by atomic mass is 16.6. The maximum atomic E-state index is 12.0. The molecule has 0 aliphatic heterocycles. The van der Waals surface area contributed by atoms with E-state index in [0.717, 1.165) is 25.4 Å². The van der Waals surface area contributed by atoms with E-state index in [9.17, 15) is 4.79 Å². The van der Waals surface area contributed by atoms with Crippen LogP contribution in [0.25, 0.3) is 0 Å². The fraction of sp³-hybridized carbons (Fsp3) is 0.938. The molecular formula is C16H32N2O2. The van der Waals surface area contributed by atoms with Crippen LogP contribution >= 0.6 is 0 Å². The molecule has 2 atom stereocenters. The molecule has 20 heavy (non-hydrogen) atoms. The summed E-state index contributed by atoms with van der Waals surface area (Å²) in [4.78, 5) is 13.8. The van der Waals surface area contributed by atoms with Crippen LogP contribution in [0.5, 0.6) is 0 Å². The van der Waals surface area contributed by atoms with Crippen LogP contribution in [0, 0.1) is 5.92 Å². The lowest BCUT2D eigenvalue weighted by molar-refractivity contribution is 0.0258. The zero-order valence-electron chi connectivity index (χ0n) is 13.9. The van der Waals surface area contributed by atoms with Crippen LogP contribution in [-0.4, -0.2) is 42.3 Å². The SMILES string of the molecule is CCN(CCCNC1CCCC1C)C(=O)OC(C)(C)C. The summed E-state index contributed by atoms with van der Waals surface area (Å²) in [5.41, 5.74) is -0.415. The third kappa shape index (κ3) is 6.12. The summed E-state index contributed by atoms with van der Waals surface area (Å²) < 4.78 is 5.40. The van der Waals surface area contributed by atoms with Gasteiger partial charge in [0.25, 0.3) is 0 Å². The van der Waals surface area contributed by atoms with Crippen molar-refractivity contribution in [2.24, 2.45) is 5.92 Å². The number of carbonyl (C=O) groups excluding carboxylic acids is 1. The van der Waals surface area contributed by atoms with Gasteiger partial charge < -0.3 is 15.0 Å². The van der Waals surface area contributed by atoms with E-state index in [1.807, 2.05) is 27.7 Å². The monoisotopic (exact) mass is 284 g/mol. The van der Waals surface area contributed by atoms with E-state index >= 15 is 0 Å². The number of rotatable bonds is 6. The van der Waals surface area contributed by atoms with Gasteiger partial charge in [0.1, 0.15) is 5.60 Å². The number of nitrogens with one attached hydrogen (secondary N) is 1. The molecule has 1 saturated carbocycles. The Morgan fingerprint density at radius 2 is 2.05 bits per heavy atom. The lowest BCUT2D eigenvalue weighted by atomic mass is 10.1. The number of carbonyl (C=O) groups is 1. The fourth-order valence-electron chi connectivity index (χ4n) is 2.71. The molecule has 0 aromatic carbocycles. The molecule has 4 nitrogen and oxygen atoms in total. The average molecular weight is 284 g/mol. The topological polar surface area (TPSA) is 41.6 Å². The molecule has 4 heteroatoms. The van der Waals surface area contributed by atoms with Gasteiger partial charge in [-0.3, -0.25) is 0 Å². The first kappa shape index (κ1) is 17.3. The summed E-state index contributed by atoms with van der Waals surface area (Å²) in [5, 5.41) is 3.62. The first-order valence-electron chi connectivity index (χ1n) is 8.04. The molecule has 0 heterocycles. The molecule has 1 N–H and O–H groups in total. The van der Waals surface area contributed by atoms with Gasteiger partial charge in [0.2, 0.25) is 0 Å². The lowest BCUT2D eigenvalue weighted by Gasteiger charge is -2.27. The number of amides is 1. The number of hydrogen-bond donors (Lipinski definition) is 1. The van der Waals surface area contributed by atoms with Gasteiger partial charge in [-0.1, -0.05) is 13.3 Å². The third-order valence-corrected chi connectivity index (χ3v) is 3.91. The summed E-state index contributed by atoms with van der Waals surface area (Å²) in [6, 6.07) is 0.673. The van der Waals surface area contributed by atoms with Crippen LogP contribution in [0.3, 0.4) is 0 Å². The highest BCUT2D eigenvalue weighted by Gasteiger charge is 2.23. The van der Waals surface area contributed by atoms with Gasteiger partial charge in [0.15, 0.2) is 0 Å². The molecule has 0 aromatic rings. The van der Waals surface area contributed by atoms with Crippen LogP contribution in [0.15, 0.2) is 0 Å². The number of ether oxygens (including phenoxy) is 1. The smallest absolute Gasteiger partial charge is 0.410 e. The van der Waals surface area contributed by atoms with E-state index in [0.29, 0.717) is 12.6 Å². The average Bonchev–Trinajstić information content (AvgIpc) is 2.72.